The minimum atomic E-state index is -4.08. The molecular weight excluding hydrogens is 468 g/mol. The van der Waals surface area contributed by atoms with Crippen molar-refractivity contribution >= 4 is 26.8 Å². The summed E-state index contributed by atoms with van der Waals surface area (Å²) in [5.74, 6) is 0. The van der Waals surface area contributed by atoms with Crippen LogP contribution in [0.3, 0.4) is 0 Å². The summed E-state index contributed by atoms with van der Waals surface area (Å²) in [6.45, 7) is 20.6. The molecule has 0 aromatic heterocycles. The number of nitrogens with two attached hydrogens (primary N) is 1. The molecule has 184 valence electrons. The van der Waals surface area contributed by atoms with Gasteiger partial charge in [-0.3, -0.25) is 0 Å². The number of hydrogen-bond acceptors (Lipinski definition) is 8. The molecule has 1 saturated heterocycles. The van der Waals surface area contributed by atoms with Crippen LogP contribution in [0.25, 0.3) is 10.4 Å². The van der Waals surface area contributed by atoms with E-state index in [0.29, 0.717) is 0 Å². The van der Waals surface area contributed by atoms with E-state index < -0.39 is 50.8 Å². The molecule has 0 radical (unpaired) electrons. The molecule has 2 aliphatic heterocycles. The Morgan fingerprint density at radius 1 is 1.16 bits per heavy atom. The fraction of sp³-hybridized carbons (Fsp3) is 0.895. The third kappa shape index (κ3) is 4.94. The highest BCUT2D eigenvalue weighted by molar-refractivity contribution is 7.90. The lowest BCUT2D eigenvalue weighted by atomic mass is 9.90. The topological polar surface area (TPSA) is 146 Å². The summed E-state index contributed by atoms with van der Waals surface area (Å²) in [7, 11) is -8.78. The van der Waals surface area contributed by atoms with Gasteiger partial charge in [0.2, 0.25) is 0 Å². The molecule has 13 heteroatoms. The Bertz CT molecular complexity index is 919. The van der Waals surface area contributed by atoms with Gasteiger partial charge in [-0.05, 0) is 41.8 Å². The first-order valence-corrected chi connectivity index (χ1v) is 17.9. The van der Waals surface area contributed by atoms with Crippen LogP contribution in [0.4, 0.5) is 0 Å². The molecule has 1 unspecified atom stereocenters. The van der Waals surface area contributed by atoms with E-state index in [4.69, 9.17) is 29.0 Å². The third-order valence-electron chi connectivity index (χ3n) is 7.24. The average Bonchev–Trinajstić information content (AvgIpc) is 2.98. The summed E-state index contributed by atoms with van der Waals surface area (Å²) < 4.78 is 49.5. The molecule has 2 aliphatic rings. The second kappa shape index (κ2) is 8.38. The lowest BCUT2D eigenvalue weighted by Crippen LogP contribution is -2.59. The van der Waals surface area contributed by atoms with Crippen LogP contribution in [0.15, 0.2) is 16.2 Å². The number of azide groups is 1. The van der Waals surface area contributed by atoms with Gasteiger partial charge in [-0.15, -0.1) is 0 Å². The van der Waals surface area contributed by atoms with E-state index in [9.17, 15) is 8.42 Å². The fourth-order valence-electron chi connectivity index (χ4n) is 3.14. The van der Waals surface area contributed by atoms with E-state index in [1.165, 1.54) is 0 Å². The van der Waals surface area contributed by atoms with Gasteiger partial charge in [0.15, 0.2) is 28.5 Å². The largest absolute Gasteiger partial charge is 0.414 e. The lowest BCUT2D eigenvalue weighted by Gasteiger charge is -2.43. The van der Waals surface area contributed by atoms with E-state index in [1.54, 1.807) is 0 Å². The van der Waals surface area contributed by atoms with Crippen molar-refractivity contribution in [3.63, 3.8) is 0 Å². The molecular formula is C19H38N4O6SSi2. The summed E-state index contributed by atoms with van der Waals surface area (Å²) >= 11 is 0. The summed E-state index contributed by atoms with van der Waals surface area (Å²) in [5, 5.41) is 4.37. The Morgan fingerprint density at radius 3 is 2.09 bits per heavy atom. The molecule has 0 aromatic rings. The first kappa shape index (κ1) is 27.3. The number of nitrogens with zero attached hydrogens (tertiary/aromatic N) is 3. The zero-order valence-corrected chi connectivity index (χ0v) is 23.6. The normalized spacial score (nSPS) is 30.9. The number of hydrogen-bond donors (Lipinski definition) is 1. The van der Waals surface area contributed by atoms with E-state index in [-0.39, 0.29) is 22.4 Å². The van der Waals surface area contributed by atoms with Gasteiger partial charge in [0.25, 0.3) is 10.1 Å². The van der Waals surface area contributed by atoms with Crippen LogP contribution < -0.4 is 5.73 Å². The summed E-state index contributed by atoms with van der Waals surface area (Å²) in [6.07, 6.45) is -3.10. The van der Waals surface area contributed by atoms with Gasteiger partial charge in [-0.1, -0.05) is 46.7 Å². The summed E-state index contributed by atoms with van der Waals surface area (Å²) in [6, 6.07) is 0. The van der Waals surface area contributed by atoms with Crippen LogP contribution in [0.2, 0.25) is 36.3 Å². The van der Waals surface area contributed by atoms with Crippen LogP contribution in [0.5, 0.6) is 0 Å². The minimum absolute atomic E-state index is 0.0232. The van der Waals surface area contributed by atoms with Crippen molar-refractivity contribution in [3.8, 4) is 0 Å². The van der Waals surface area contributed by atoms with E-state index in [1.807, 2.05) is 33.9 Å². The average molecular weight is 507 g/mol. The zero-order chi connectivity index (χ0) is 25.0. The molecule has 2 rings (SSSR count). The fourth-order valence-corrected chi connectivity index (χ4v) is 6.65. The van der Waals surface area contributed by atoms with Crippen LogP contribution in [-0.4, -0.2) is 55.7 Å². The van der Waals surface area contributed by atoms with Gasteiger partial charge in [-0.2, -0.15) is 8.42 Å². The molecule has 32 heavy (non-hydrogen) atoms. The standard InChI is InChI=1S/C19H38N4O6SSi2/c1-17(2,3)31(7,8)26-11-14-19(13(20)12-30(24,25)29-19)15(16(27-14)22-23-21)28-32(9,10)18(4,5)6/h12,14-16H,11,20H2,1-10H3/t14-,15+,16?,19-/m1/s1. The highest BCUT2D eigenvalue weighted by Crippen LogP contribution is 2.49. The van der Waals surface area contributed by atoms with Crippen molar-refractivity contribution in [2.45, 2.75) is 102 Å². The first-order valence-electron chi connectivity index (χ1n) is 10.6. The second-order valence-corrected chi connectivity index (χ2v) is 22.5. The van der Waals surface area contributed by atoms with Gasteiger partial charge >= 0.3 is 0 Å². The van der Waals surface area contributed by atoms with Crippen LogP contribution in [-0.2, 0) is 27.9 Å². The maximum absolute atomic E-state index is 12.5. The number of ether oxygens (including phenoxy) is 1. The van der Waals surface area contributed by atoms with Crippen LogP contribution in [0.1, 0.15) is 41.5 Å². The first-order chi connectivity index (χ1) is 14.2. The van der Waals surface area contributed by atoms with Gasteiger partial charge in [0, 0.05) is 4.91 Å². The molecule has 0 saturated carbocycles. The predicted molar refractivity (Wildman–Crippen MR) is 128 cm³/mol. The maximum Gasteiger partial charge on any atom is 0.292 e. The smallest absolute Gasteiger partial charge is 0.292 e. The van der Waals surface area contributed by atoms with Gasteiger partial charge in [-0.25, -0.2) is 4.18 Å². The third-order valence-corrected chi connectivity index (χ3v) is 17.2. The van der Waals surface area contributed by atoms with Gasteiger partial charge in [0.05, 0.1) is 17.7 Å². The second-order valence-electron chi connectivity index (χ2n) is 11.5. The number of rotatable bonds is 6. The van der Waals surface area contributed by atoms with Gasteiger partial charge in [0.1, 0.15) is 12.2 Å². The van der Waals surface area contributed by atoms with Crippen LogP contribution in [0, 0.1) is 0 Å². The quantitative estimate of drug-likeness (QED) is 0.185. The minimum Gasteiger partial charge on any atom is -0.414 e. The zero-order valence-electron chi connectivity index (χ0n) is 20.8. The lowest BCUT2D eigenvalue weighted by molar-refractivity contribution is -0.0393. The Morgan fingerprint density at radius 2 is 1.69 bits per heavy atom. The van der Waals surface area contributed by atoms with E-state index in [0.717, 1.165) is 5.41 Å². The molecule has 0 aromatic carbocycles. The van der Waals surface area contributed by atoms with Crippen molar-refractivity contribution in [1.82, 2.24) is 0 Å². The Kier molecular flexibility index (Phi) is 7.16. The van der Waals surface area contributed by atoms with E-state index in [2.05, 4.69) is 43.9 Å². The monoisotopic (exact) mass is 506 g/mol. The predicted octanol–water partition coefficient (Wildman–Crippen LogP) is 4.33. The van der Waals surface area contributed by atoms with Crippen molar-refractivity contribution in [3.05, 3.63) is 21.5 Å². The van der Waals surface area contributed by atoms with Crippen molar-refractivity contribution in [2.24, 2.45) is 10.8 Å². The molecule has 0 amide bonds. The maximum atomic E-state index is 12.5. The molecule has 0 bridgehead atoms. The summed E-state index contributed by atoms with van der Waals surface area (Å²) in [5.41, 5.74) is 13.7. The highest BCUT2D eigenvalue weighted by Gasteiger charge is 2.66. The molecule has 2 N–H and O–H groups in total. The highest BCUT2D eigenvalue weighted by atomic mass is 32.2. The van der Waals surface area contributed by atoms with Gasteiger partial charge < -0.3 is 19.3 Å². The molecule has 10 nitrogen and oxygen atoms in total. The van der Waals surface area contributed by atoms with Crippen molar-refractivity contribution < 1.29 is 26.2 Å². The van der Waals surface area contributed by atoms with Crippen LogP contribution >= 0.6 is 0 Å². The Hall–Kier alpha value is -0.926. The van der Waals surface area contributed by atoms with Crippen molar-refractivity contribution in [1.29, 1.82) is 0 Å². The molecule has 2 heterocycles. The Balaban J connectivity index is 2.56. The molecule has 0 aliphatic carbocycles. The Labute approximate surface area is 193 Å². The molecule has 4 atom stereocenters. The van der Waals surface area contributed by atoms with Crippen molar-refractivity contribution in [2.75, 3.05) is 6.61 Å². The van der Waals surface area contributed by atoms with E-state index >= 15 is 0 Å². The summed E-state index contributed by atoms with van der Waals surface area (Å²) in [4.78, 5) is 2.90. The molecule has 1 fully saturated rings. The molecule has 1 spiro atoms. The SMILES string of the molecule is CC(C)(C)[Si](C)(C)OC[C@H]1OC(N=[N+]=[N-])[C@H](O[Si](C)(C)C(C)(C)C)[C@]12OS(=O)(=O)C=C2N.